The van der Waals surface area contributed by atoms with Crippen LogP contribution in [0.4, 0.5) is 4.79 Å². The number of aliphatic carboxylic acids is 1. The number of hydrogen-bond donors (Lipinski definition) is 3. The van der Waals surface area contributed by atoms with Crippen LogP contribution >= 0.6 is 11.8 Å². The fraction of sp³-hybridized carbons (Fsp3) is 0.370. The molecule has 0 aromatic heterocycles. The van der Waals surface area contributed by atoms with Gasteiger partial charge in [0.2, 0.25) is 11.8 Å². The summed E-state index contributed by atoms with van der Waals surface area (Å²) in [5.74, 6) is -3.73. The Morgan fingerprint density at radius 3 is 2.16 bits per heavy atom. The van der Waals surface area contributed by atoms with Crippen LogP contribution in [0.5, 0.6) is 0 Å². The van der Waals surface area contributed by atoms with Crippen LogP contribution in [0.3, 0.4) is 0 Å². The van der Waals surface area contributed by atoms with E-state index >= 15 is 0 Å². The summed E-state index contributed by atoms with van der Waals surface area (Å²) >= 11 is 1.35. The standard InChI is InChI=1S/C27H31N3O7S/c1-17(2)22(29-27(36)37-14-19-11-7-4-8-12-19)25(33)30-16-38-15-21(30)24(32)28-20(23(31)26(34)35)13-18-9-5-3-6-10-18/h3-12,17,20-22H,13-16H2,1-2H3,(H,28,32)(H,29,36)(H,34,35)/t20-,21-,22?/m0/s1. The second-order valence-corrected chi connectivity index (χ2v) is 10.2. The molecule has 0 aliphatic carbocycles. The van der Waals surface area contributed by atoms with E-state index in [0.717, 1.165) is 5.56 Å². The van der Waals surface area contributed by atoms with E-state index in [1.807, 2.05) is 30.3 Å². The molecule has 0 saturated carbocycles. The van der Waals surface area contributed by atoms with E-state index in [-0.39, 0.29) is 30.6 Å². The maximum absolute atomic E-state index is 13.4. The third-order valence-electron chi connectivity index (χ3n) is 6.01. The van der Waals surface area contributed by atoms with Crippen LogP contribution in [0.25, 0.3) is 0 Å². The minimum absolute atomic E-state index is 0.00501. The zero-order valence-corrected chi connectivity index (χ0v) is 22.0. The number of Topliss-reactive ketones (excluding diaryl/α,β-unsaturated/α-hetero) is 1. The third kappa shape index (κ3) is 7.82. The van der Waals surface area contributed by atoms with E-state index in [4.69, 9.17) is 4.74 Å². The van der Waals surface area contributed by atoms with E-state index in [9.17, 15) is 29.1 Å². The summed E-state index contributed by atoms with van der Waals surface area (Å²) in [6, 6.07) is 14.7. The summed E-state index contributed by atoms with van der Waals surface area (Å²) in [4.78, 5) is 64.1. The molecule has 1 aliphatic rings. The minimum Gasteiger partial charge on any atom is -0.475 e. The first-order valence-electron chi connectivity index (χ1n) is 12.1. The van der Waals surface area contributed by atoms with Gasteiger partial charge in [-0.3, -0.25) is 14.4 Å². The lowest BCUT2D eigenvalue weighted by molar-refractivity contribution is -0.150. The first-order chi connectivity index (χ1) is 18.2. The van der Waals surface area contributed by atoms with Gasteiger partial charge in [-0.2, -0.15) is 0 Å². The van der Waals surface area contributed by atoms with E-state index in [1.165, 1.54) is 16.7 Å². The Balaban J connectivity index is 1.67. The monoisotopic (exact) mass is 541 g/mol. The van der Waals surface area contributed by atoms with Crippen LogP contribution in [0, 0.1) is 5.92 Å². The van der Waals surface area contributed by atoms with Crippen molar-refractivity contribution < 1.29 is 33.8 Å². The normalized spacial score (nSPS) is 16.4. The maximum Gasteiger partial charge on any atom is 0.408 e. The number of amides is 3. The molecule has 3 atom stereocenters. The number of carboxylic acids is 1. The first kappa shape index (κ1) is 28.7. The molecule has 0 spiro atoms. The van der Waals surface area contributed by atoms with Crippen molar-refractivity contribution in [2.45, 2.75) is 45.0 Å². The largest absolute Gasteiger partial charge is 0.475 e. The van der Waals surface area contributed by atoms with Crippen molar-refractivity contribution in [1.29, 1.82) is 0 Å². The highest BCUT2D eigenvalue weighted by molar-refractivity contribution is 7.99. The lowest BCUT2D eigenvalue weighted by Crippen LogP contribution is -2.57. The Morgan fingerprint density at radius 2 is 1.58 bits per heavy atom. The quantitative estimate of drug-likeness (QED) is 0.368. The fourth-order valence-electron chi connectivity index (χ4n) is 3.94. The minimum atomic E-state index is -1.65. The van der Waals surface area contributed by atoms with Gasteiger partial charge in [-0.1, -0.05) is 74.5 Å². The van der Waals surface area contributed by atoms with Crippen LogP contribution in [0.2, 0.25) is 0 Å². The molecule has 1 aliphatic heterocycles. The van der Waals surface area contributed by atoms with Gasteiger partial charge >= 0.3 is 12.1 Å². The zero-order chi connectivity index (χ0) is 27.7. The molecular weight excluding hydrogens is 510 g/mol. The molecule has 10 nitrogen and oxygen atoms in total. The number of carboxylic acid groups (broad SMARTS) is 1. The molecule has 3 N–H and O–H groups in total. The molecule has 1 saturated heterocycles. The highest BCUT2D eigenvalue weighted by Gasteiger charge is 2.40. The van der Waals surface area contributed by atoms with Gasteiger partial charge in [0.1, 0.15) is 24.7 Å². The molecule has 0 radical (unpaired) electrons. The van der Waals surface area contributed by atoms with Gasteiger partial charge in [-0.15, -0.1) is 11.8 Å². The second kappa shape index (κ2) is 13.6. The van der Waals surface area contributed by atoms with Crippen molar-refractivity contribution in [3.05, 3.63) is 71.8 Å². The molecule has 1 unspecified atom stereocenters. The number of hydrogen-bond acceptors (Lipinski definition) is 7. The topological polar surface area (TPSA) is 142 Å². The number of carbonyl (C=O) groups is 5. The van der Waals surface area contributed by atoms with Gasteiger partial charge in [-0.25, -0.2) is 9.59 Å². The summed E-state index contributed by atoms with van der Waals surface area (Å²) in [6.07, 6.45) is -0.765. The summed E-state index contributed by atoms with van der Waals surface area (Å²) in [7, 11) is 0. The van der Waals surface area contributed by atoms with Gasteiger partial charge in [-0.05, 0) is 17.0 Å². The van der Waals surface area contributed by atoms with Gasteiger partial charge < -0.3 is 25.4 Å². The summed E-state index contributed by atoms with van der Waals surface area (Å²) in [5, 5.41) is 14.4. The van der Waals surface area contributed by atoms with Gasteiger partial charge in [0, 0.05) is 12.2 Å². The van der Waals surface area contributed by atoms with Crippen LogP contribution in [0.1, 0.15) is 25.0 Å². The fourth-order valence-corrected chi connectivity index (χ4v) is 5.10. The van der Waals surface area contributed by atoms with Crippen molar-refractivity contribution in [1.82, 2.24) is 15.5 Å². The lowest BCUT2D eigenvalue weighted by atomic mass is 10.0. The molecule has 3 amide bonds. The molecule has 38 heavy (non-hydrogen) atoms. The zero-order valence-electron chi connectivity index (χ0n) is 21.2. The molecule has 1 fully saturated rings. The van der Waals surface area contributed by atoms with Crippen LogP contribution < -0.4 is 10.6 Å². The van der Waals surface area contributed by atoms with Crippen LogP contribution in [0.15, 0.2) is 60.7 Å². The number of carbonyl (C=O) groups excluding carboxylic acids is 4. The van der Waals surface area contributed by atoms with Crippen molar-refractivity contribution in [3.8, 4) is 0 Å². The molecule has 2 aromatic carbocycles. The van der Waals surface area contributed by atoms with E-state index < -0.39 is 47.8 Å². The van der Waals surface area contributed by atoms with Crippen molar-refractivity contribution in [2.75, 3.05) is 11.6 Å². The molecular formula is C27H31N3O7S. The summed E-state index contributed by atoms with van der Waals surface area (Å²) in [5.41, 5.74) is 1.47. The van der Waals surface area contributed by atoms with Crippen LogP contribution in [-0.4, -0.2) is 69.4 Å². The van der Waals surface area contributed by atoms with Gasteiger partial charge in [0.15, 0.2) is 0 Å². The SMILES string of the molecule is CC(C)C(NC(=O)OCc1ccccc1)C(=O)N1CSC[C@H]1C(=O)N[C@@H](Cc1ccccc1)C(=O)C(=O)O. The number of nitrogens with zero attached hydrogens (tertiary/aromatic N) is 1. The molecule has 3 rings (SSSR count). The predicted molar refractivity (Wildman–Crippen MR) is 141 cm³/mol. The molecule has 202 valence electrons. The van der Waals surface area contributed by atoms with Crippen LogP contribution in [-0.2, 0) is 36.9 Å². The van der Waals surface area contributed by atoms with Gasteiger partial charge in [0.05, 0.1) is 5.88 Å². The van der Waals surface area contributed by atoms with Crippen molar-refractivity contribution in [2.24, 2.45) is 5.92 Å². The molecule has 1 heterocycles. The number of rotatable bonds is 11. The molecule has 2 aromatic rings. The number of ether oxygens (including phenoxy) is 1. The van der Waals surface area contributed by atoms with Gasteiger partial charge in [0.25, 0.3) is 5.78 Å². The Hall–Kier alpha value is -3.86. The summed E-state index contributed by atoms with van der Waals surface area (Å²) in [6.45, 7) is 3.57. The Labute approximate surface area is 225 Å². The van der Waals surface area contributed by atoms with Crippen molar-refractivity contribution in [3.63, 3.8) is 0 Å². The van der Waals surface area contributed by atoms with E-state index in [0.29, 0.717) is 5.56 Å². The molecule has 0 bridgehead atoms. The Bertz CT molecular complexity index is 1140. The smallest absolute Gasteiger partial charge is 0.408 e. The Morgan fingerprint density at radius 1 is 0.974 bits per heavy atom. The highest BCUT2D eigenvalue weighted by Crippen LogP contribution is 2.24. The second-order valence-electron chi connectivity index (χ2n) is 9.17. The summed E-state index contributed by atoms with van der Waals surface area (Å²) < 4.78 is 5.26. The first-order valence-corrected chi connectivity index (χ1v) is 13.3. The highest BCUT2D eigenvalue weighted by atomic mass is 32.2. The third-order valence-corrected chi connectivity index (χ3v) is 7.03. The number of benzene rings is 2. The van der Waals surface area contributed by atoms with E-state index in [2.05, 4.69) is 10.6 Å². The number of alkyl carbamates (subject to hydrolysis) is 1. The maximum atomic E-state index is 13.4. The van der Waals surface area contributed by atoms with E-state index in [1.54, 1.807) is 44.2 Å². The average molecular weight is 542 g/mol. The number of thioether (sulfide) groups is 1. The Kier molecular flexibility index (Phi) is 10.3. The average Bonchev–Trinajstić information content (AvgIpc) is 3.40. The number of nitrogens with one attached hydrogen (secondary N) is 2. The number of ketones is 1. The predicted octanol–water partition coefficient (Wildman–Crippen LogP) is 2.22. The van der Waals surface area contributed by atoms with Crippen molar-refractivity contribution >= 4 is 41.4 Å². The lowest BCUT2D eigenvalue weighted by Gasteiger charge is -2.30. The molecule has 11 heteroatoms.